The van der Waals surface area contributed by atoms with E-state index in [1.54, 1.807) is 13.8 Å². The first kappa shape index (κ1) is 12.7. The standard InChI is InChI=1S/C9H14N4O2S/c1-3-13(6-4-5-10)16(14,15)9-7-11-12-8(9)2/h7H,3-4,6H2,1-2H3,(H,11,12). The van der Waals surface area contributed by atoms with E-state index in [4.69, 9.17) is 5.26 Å². The number of nitrogens with one attached hydrogen (secondary N) is 1. The van der Waals surface area contributed by atoms with Crippen LogP contribution >= 0.6 is 0 Å². The topological polar surface area (TPSA) is 89.8 Å². The van der Waals surface area contributed by atoms with Crippen molar-refractivity contribution in [1.29, 1.82) is 5.26 Å². The second kappa shape index (κ2) is 5.09. The minimum absolute atomic E-state index is 0.173. The number of nitriles is 1. The second-order valence-electron chi connectivity index (χ2n) is 3.26. The maximum atomic E-state index is 12.1. The van der Waals surface area contributed by atoms with Crippen LogP contribution in [0.1, 0.15) is 19.0 Å². The fraction of sp³-hybridized carbons (Fsp3) is 0.556. The fourth-order valence-electron chi connectivity index (χ4n) is 1.36. The molecule has 0 spiro atoms. The predicted octanol–water partition coefficient (Wildman–Crippen LogP) is 0.642. The predicted molar refractivity (Wildman–Crippen MR) is 58.0 cm³/mol. The Balaban J connectivity index is 3.01. The van der Waals surface area contributed by atoms with Gasteiger partial charge < -0.3 is 0 Å². The maximum absolute atomic E-state index is 12.1. The summed E-state index contributed by atoms with van der Waals surface area (Å²) in [5.74, 6) is 0. The smallest absolute Gasteiger partial charge is 0.246 e. The Labute approximate surface area is 94.9 Å². The average Bonchev–Trinajstić information content (AvgIpc) is 2.66. The highest BCUT2D eigenvalue weighted by Gasteiger charge is 2.25. The number of hydrogen-bond acceptors (Lipinski definition) is 4. The van der Waals surface area contributed by atoms with Crippen LogP contribution in [0.3, 0.4) is 0 Å². The molecule has 0 radical (unpaired) electrons. The van der Waals surface area contributed by atoms with E-state index in [0.29, 0.717) is 12.2 Å². The lowest BCUT2D eigenvalue weighted by Crippen LogP contribution is -2.31. The van der Waals surface area contributed by atoms with Crippen molar-refractivity contribution in [3.63, 3.8) is 0 Å². The molecule has 7 heteroatoms. The molecule has 0 amide bonds. The van der Waals surface area contributed by atoms with Crippen LogP contribution in [0.25, 0.3) is 0 Å². The largest absolute Gasteiger partial charge is 0.281 e. The highest BCUT2D eigenvalue weighted by molar-refractivity contribution is 7.89. The van der Waals surface area contributed by atoms with Crippen molar-refractivity contribution in [2.75, 3.05) is 13.1 Å². The summed E-state index contributed by atoms with van der Waals surface area (Å²) in [4.78, 5) is 0.173. The van der Waals surface area contributed by atoms with Crippen molar-refractivity contribution < 1.29 is 8.42 Å². The van der Waals surface area contributed by atoms with Gasteiger partial charge in [0.2, 0.25) is 10.0 Å². The number of sulfonamides is 1. The normalized spacial score (nSPS) is 11.6. The SMILES string of the molecule is CCN(CCC#N)S(=O)(=O)c1cn[nH]c1C. The van der Waals surface area contributed by atoms with Gasteiger partial charge in [-0.2, -0.15) is 14.7 Å². The average molecular weight is 242 g/mol. The molecule has 0 aliphatic rings. The van der Waals surface area contributed by atoms with Gasteiger partial charge in [-0.05, 0) is 6.92 Å². The highest BCUT2D eigenvalue weighted by Crippen LogP contribution is 2.17. The Kier molecular flexibility index (Phi) is 4.04. The van der Waals surface area contributed by atoms with Gasteiger partial charge in [-0.25, -0.2) is 8.42 Å². The van der Waals surface area contributed by atoms with Gasteiger partial charge in [0, 0.05) is 19.5 Å². The second-order valence-corrected chi connectivity index (χ2v) is 5.17. The lowest BCUT2D eigenvalue weighted by atomic mass is 10.5. The number of nitrogens with zero attached hydrogens (tertiary/aromatic N) is 3. The van der Waals surface area contributed by atoms with Gasteiger partial charge in [-0.1, -0.05) is 6.92 Å². The molecule has 16 heavy (non-hydrogen) atoms. The van der Waals surface area contributed by atoms with E-state index in [1.165, 1.54) is 10.5 Å². The van der Waals surface area contributed by atoms with Crippen LogP contribution in [-0.4, -0.2) is 36.0 Å². The summed E-state index contributed by atoms with van der Waals surface area (Å²) in [6.07, 6.45) is 1.48. The van der Waals surface area contributed by atoms with Gasteiger partial charge in [0.1, 0.15) is 4.90 Å². The molecule has 0 fully saturated rings. The molecule has 0 unspecified atom stereocenters. The number of rotatable bonds is 5. The van der Waals surface area contributed by atoms with Crippen LogP contribution in [0.15, 0.2) is 11.1 Å². The molecule has 1 N–H and O–H groups in total. The first-order valence-electron chi connectivity index (χ1n) is 4.91. The molecule has 0 atom stereocenters. The van der Waals surface area contributed by atoms with E-state index in [1.807, 2.05) is 6.07 Å². The number of hydrogen-bond donors (Lipinski definition) is 1. The first-order chi connectivity index (χ1) is 7.54. The quantitative estimate of drug-likeness (QED) is 0.820. The molecule has 6 nitrogen and oxygen atoms in total. The van der Waals surface area contributed by atoms with Crippen LogP contribution in [0.4, 0.5) is 0 Å². The summed E-state index contributed by atoms with van der Waals surface area (Å²) < 4.78 is 25.5. The van der Waals surface area contributed by atoms with Crippen LogP contribution in [0.2, 0.25) is 0 Å². The van der Waals surface area contributed by atoms with E-state index in [9.17, 15) is 8.42 Å². The molecule has 0 aliphatic carbocycles. The fourth-order valence-corrected chi connectivity index (χ4v) is 2.93. The van der Waals surface area contributed by atoms with E-state index < -0.39 is 10.0 Å². The lowest BCUT2D eigenvalue weighted by Gasteiger charge is -2.18. The van der Waals surface area contributed by atoms with Gasteiger partial charge in [0.15, 0.2) is 0 Å². The third-order valence-electron chi connectivity index (χ3n) is 2.23. The summed E-state index contributed by atoms with van der Waals surface area (Å²) in [5.41, 5.74) is 0.510. The molecule has 1 aromatic heterocycles. The Bertz CT molecular complexity index is 486. The van der Waals surface area contributed by atoms with Gasteiger partial charge in [-0.3, -0.25) is 5.10 Å². The highest BCUT2D eigenvalue weighted by atomic mass is 32.2. The van der Waals surface area contributed by atoms with Gasteiger partial charge in [-0.15, -0.1) is 0 Å². The molecule has 1 rings (SSSR count). The number of aromatic amines is 1. The lowest BCUT2D eigenvalue weighted by molar-refractivity contribution is 0.434. The molecule has 0 aliphatic heterocycles. The Morgan fingerprint density at radius 2 is 2.31 bits per heavy atom. The summed E-state index contributed by atoms with van der Waals surface area (Å²) in [7, 11) is -3.52. The number of aryl methyl sites for hydroxylation is 1. The van der Waals surface area contributed by atoms with Crippen LogP contribution in [0, 0.1) is 18.3 Å². The summed E-state index contributed by atoms with van der Waals surface area (Å²) in [6, 6.07) is 1.93. The molecule has 0 saturated heterocycles. The third kappa shape index (κ3) is 2.40. The summed E-state index contributed by atoms with van der Waals surface area (Å²) in [6.45, 7) is 3.94. The molecule has 0 bridgehead atoms. The summed E-state index contributed by atoms with van der Waals surface area (Å²) in [5, 5.41) is 14.7. The zero-order valence-corrected chi connectivity index (χ0v) is 10.1. The van der Waals surface area contributed by atoms with E-state index in [0.717, 1.165) is 0 Å². The summed E-state index contributed by atoms with van der Waals surface area (Å²) >= 11 is 0. The van der Waals surface area contributed by atoms with Gasteiger partial charge in [0.05, 0.1) is 18.0 Å². The monoisotopic (exact) mass is 242 g/mol. The van der Waals surface area contributed by atoms with Crippen molar-refractivity contribution in [3.05, 3.63) is 11.9 Å². The third-order valence-corrected chi connectivity index (χ3v) is 4.32. The molecule has 88 valence electrons. The maximum Gasteiger partial charge on any atom is 0.246 e. The Morgan fingerprint density at radius 1 is 1.62 bits per heavy atom. The van der Waals surface area contributed by atoms with E-state index >= 15 is 0 Å². The Hall–Kier alpha value is -1.39. The van der Waals surface area contributed by atoms with Crippen molar-refractivity contribution in [2.45, 2.75) is 25.2 Å². The zero-order valence-electron chi connectivity index (χ0n) is 9.27. The van der Waals surface area contributed by atoms with Crippen LogP contribution < -0.4 is 0 Å². The Morgan fingerprint density at radius 3 is 2.75 bits per heavy atom. The van der Waals surface area contributed by atoms with E-state index in [2.05, 4.69) is 10.2 Å². The number of aromatic nitrogens is 2. The molecular formula is C9H14N4O2S. The molecule has 0 aromatic carbocycles. The first-order valence-corrected chi connectivity index (χ1v) is 6.35. The minimum Gasteiger partial charge on any atom is -0.281 e. The molecule has 1 heterocycles. The number of H-pyrrole nitrogens is 1. The van der Waals surface area contributed by atoms with Crippen molar-refractivity contribution in [2.24, 2.45) is 0 Å². The van der Waals surface area contributed by atoms with Crippen LogP contribution in [0.5, 0.6) is 0 Å². The van der Waals surface area contributed by atoms with Gasteiger partial charge >= 0.3 is 0 Å². The molecular weight excluding hydrogens is 228 g/mol. The van der Waals surface area contributed by atoms with Crippen LogP contribution in [-0.2, 0) is 10.0 Å². The van der Waals surface area contributed by atoms with E-state index in [-0.39, 0.29) is 17.9 Å². The van der Waals surface area contributed by atoms with Crippen molar-refractivity contribution in [3.8, 4) is 6.07 Å². The van der Waals surface area contributed by atoms with Gasteiger partial charge in [0.25, 0.3) is 0 Å². The van der Waals surface area contributed by atoms with Crippen molar-refractivity contribution >= 4 is 10.0 Å². The zero-order chi connectivity index (χ0) is 12.2. The molecule has 1 aromatic rings. The minimum atomic E-state index is -3.52. The molecule has 0 saturated carbocycles. The van der Waals surface area contributed by atoms with Crippen molar-refractivity contribution in [1.82, 2.24) is 14.5 Å².